The number of halogens is 6. The van der Waals surface area contributed by atoms with Crippen LogP contribution in [0.2, 0.25) is 0 Å². The summed E-state index contributed by atoms with van der Waals surface area (Å²) in [7, 11) is 0. The topological polar surface area (TPSA) is 111 Å². The minimum atomic E-state index is -5.30. The monoisotopic (exact) mass is 340 g/mol. The summed E-state index contributed by atoms with van der Waals surface area (Å²) in [6.45, 7) is 0. The summed E-state index contributed by atoms with van der Waals surface area (Å²) in [5, 5.41) is 0. The van der Waals surface area contributed by atoms with Crippen LogP contribution in [0.3, 0.4) is 0 Å². The molecule has 0 spiro atoms. The van der Waals surface area contributed by atoms with Gasteiger partial charge in [0.1, 0.15) is 0 Å². The molecular weight excluding hydrogens is 334 g/mol. The van der Waals surface area contributed by atoms with Gasteiger partial charge in [-0.15, -0.1) is 0 Å². The fourth-order valence-electron chi connectivity index (χ4n) is 0.628. The molecule has 0 saturated heterocycles. The average molecular weight is 340 g/mol. The van der Waals surface area contributed by atoms with Gasteiger partial charge in [0.05, 0.1) is 12.8 Å². The van der Waals surface area contributed by atoms with Crippen LogP contribution in [0, 0.1) is 0 Å². The second kappa shape index (κ2) is 7.46. The first-order valence-electron chi connectivity index (χ1n) is 4.97. The highest BCUT2D eigenvalue weighted by molar-refractivity contribution is 5.84. The summed E-state index contributed by atoms with van der Waals surface area (Å²) in [4.78, 5) is 49.3. The van der Waals surface area contributed by atoms with Gasteiger partial charge >= 0.3 is 36.1 Å². The van der Waals surface area contributed by atoms with Crippen molar-refractivity contribution in [2.75, 3.05) is 0 Å². The molecular formula is C8H6F6N2O6. The SMILES string of the molecule is O=C(CCC(=O)ONC(=O)C(F)(F)F)ONC(=O)C(F)(F)F. The first kappa shape index (κ1) is 19.5. The van der Waals surface area contributed by atoms with Crippen molar-refractivity contribution in [3.63, 3.8) is 0 Å². The molecule has 0 atom stereocenters. The highest BCUT2D eigenvalue weighted by Gasteiger charge is 2.40. The van der Waals surface area contributed by atoms with Gasteiger partial charge in [-0.3, -0.25) is 9.59 Å². The predicted molar refractivity (Wildman–Crippen MR) is 49.8 cm³/mol. The molecule has 2 N–H and O–H groups in total. The molecule has 0 rings (SSSR count). The van der Waals surface area contributed by atoms with Crippen molar-refractivity contribution in [1.82, 2.24) is 11.0 Å². The zero-order valence-corrected chi connectivity index (χ0v) is 10.1. The van der Waals surface area contributed by atoms with Gasteiger partial charge in [-0.2, -0.15) is 37.3 Å². The van der Waals surface area contributed by atoms with Gasteiger partial charge in [-0.25, -0.2) is 9.59 Å². The number of alkyl halides is 6. The van der Waals surface area contributed by atoms with Gasteiger partial charge in [0.25, 0.3) is 0 Å². The van der Waals surface area contributed by atoms with E-state index in [0.717, 1.165) is 11.0 Å². The van der Waals surface area contributed by atoms with Crippen LogP contribution in [0.5, 0.6) is 0 Å². The third kappa shape index (κ3) is 7.91. The Kier molecular flexibility index (Phi) is 6.60. The minimum Gasteiger partial charge on any atom is -0.341 e. The van der Waals surface area contributed by atoms with Gasteiger partial charge in [-0.1, -0.05) is 0 Å². The van der Waals surface area contributed by atoms with Crippen LogP contribution in [-0.2, 0) is 28.9 Å². The lowest BCUT2D eigenvalue weighted by Crippen LogP contribution is -2.39. The standard InChI is InChI=1S/C8H6F6N2O6/c9-7(10,11)5(19)15-21-3(17)1-2-4(18)22-16-6(20)8(12,13)14/h1-2H2,(H,15,19)(H,16,20). The van der Waals surface area contributed by atoms with E-state index in [1.807, 2.05) is 0 Å². The van der Waals surface area contributed by atoms with Crippen molar-refractivity contribution in [3.8, 4) is 0 Å². The highest BCUT2D eigenvalue weighted by Crippen LogP contribution is 2.14. The molecule has 0 aromatic carbocycles. The van der Waals surface area contributed by atoms with E-state index in [1.54, 1.807) is 0 Å². The third-order valence-electron chi connectivity index (χ3n) is 1.56. The van der Waals surface area contributed by atoms with E-state index in [9.17, 15) is 45.5 Å². The number of carbonyl (C=O) groups is 4. The maximum atomic E-state index is 11.7. The predicted octanol–water partition coefficient (Wildman–Crippen LogP) is 0.0400. The summed E-state index contributed by atoms with van der Waals surface area (Å²) in [6, 6.07) is 0. The summed E-state index contributed by atoms with van der Waals surface area (Å²) in [6.07, 6.45) is -12.5. The number of hydroxylamine groups is 2. The van der Waals surface area contributed by atoms with E-state index in [1.165, 1.54) is 0 Å². The largest absolute Gasteiger partial charge is 0.474 e. The molecule has 0 aliphatic carbocycles. The smallest absolute Gasteiger partial charge is 0.341 e. The zero-order chi connectivity index (χ0) is 17.6. The van der Waals surface area contributed by atoms with E-state index >= 15 is 0 Å². The van der Waals surface area contributed by atoms with E-state index in [2.05, 4.69) is 9.68 Å². The molecule has 0 aliphatic heterocycles. The number of carbonyl (C=O) groups excluding carboxylic acids is 4. The number of amides is 2. The summed E-state index contributed by atoms with van der Waals surface area (Å²) >= 11 is 0. The number of rotatable bonds is 3. The molecule has 0 unspecified atom stereocenters. The van der Waals surface area contributed by atoms with Crippen LogP contribution in [0.4, 0.5) is 26.3 Å². The quantitative estimate of drug-likeness (QED) is 0.554. The van der Waals surface area contributed by atoms with Crippen LogP contribution in [-0.4, -0.2) is 36.1 Å². The summed E-state index contributed by atoms with van der Waals surface area (Å²) in [5.74, 6) is -8.17. The van der Waals surface area contributed by atoms with Crippen molar-refractivity contribution in [1.29, 1.82) is 0 Å². The Morgan fingerprint density at radius 1 is 0.682 bits per heavy atom. The molecule has 0 aliphatic rings. The molecule has 22 heavy (non-hydrogen) atoms. The summed E-state index contributed by atoms with van der Waals surface area (Å²) in [5.41, 5.74) is 1.46. The summed E-state index contributed by atoms with van der Waals surface area (Å²) < 4.78 is 70.1. The van der Waals surface area contributed by atoms with Crippen molar-refractivity contribution in [2.24, 2.45) is 0 Å². The highest BCUT2D eigenvalue weighted by atomic mass is 19.4. The van der Waals surface area contributed by atoms with Crippen molar-refractivity contribution in [3.05, 3.63) is 0 Å². The molecule has 14 heteroatoms. The molecule has 0 heterocycles. The van der Waals surface area contributed by atoms with Crippen molar-refractivity contribution in [2.45, 2.75) is 25.2 Å². The number of hydrogen-bond acceptors (Lipinski definition) is 6. The first-order valence-corrected chi connectivity index (χ1v) is 4.97. The number of hydrogen-bond donors (Lipinski definition) is 2. The van der Waals surface area contributed by atoms with E-state index in [-0.39, 0.29) is 0 Å². The molecule has 8 nitrogen and oxygen atoms in total. The van der Waals surface area contributed by atoms with Crippen LogP contribution >= 0.6 is 0 Å². The second-order valence-electron chi connectivity index (χ2n) is 3.31. The van der Waals surface area contributed by atoms with Crippen LogP contribution in [0.15, 0.2) is 0 Å². The molecule has 0 aromatic rings. The minimum absolute atomic E-state index is 0.732. The molecule has 0 radical (unpaired) electrons. The van der Waals surface area contributed by atoms with Crippen LogP contribution in [0.1, 0.15) is 12.8 Å². The Bertz CT molecular complexity index is 417. The maximum Gasteiger partial charge on any atom is 0.474 e. The Labute approximate surface area is 116 Å². The third-order valence-corrected chi connectivity index (χ3v) is 1.56. The lowest BCUT2D eigenvalue weighted by molar-refractivity contribution is -0.190. The lowest BCUT2D eigenvalue weighted by Gasteiger charge is -2.08. The van der Waals surface area contributed by atoms with Gasteiger partial charge in [-0.05, 0) is 0 Å². The van der Waals surface area contributed by atoms with Gasteiger partial charge < -0.3 is 9.68 Å². The second-order valence-corrected chi connectivity index (χ2v) is 3.31. The Morgan fingerprint density at radius 2 is 0.955 bits per heavy atom. The Morgan fingerprint density at radius 3 is 1.18 bits per heavy atom. The first-order chi connectivity index (χ1) is 9.84. The molecule has 0 fully saturated rings. The normalized spacial score (nSPS) is 11.4. The Balaban J connectivity index is 3.99. The fourth-order valence-corrected chi connectivity index (χ4v) is 0.628. The molecule has 0 aromatic heterocycles. The lowest BCUT2D eigenvalue weighted by atomic mass is 10.3. The molecule has 126 valence electrons. The maximum absolute atomic E-state index is 11.7. The van der Waals surface area contributed by atoms with Crippen LogP contribution in [0.25, 0.3) is 0 Å². The zero-order valence-electron chi connectivity index (χ0n) is 10.1. The molecule has 0 saturated carbocycles. The Hall–Kier alpha value is -2.54. The van der Waals surface area contributed by atoms with Crippen molar-refractivity contribution >= 4 is 23.8 Å². The number of nitrogens with one attached hydrogen (secondary N) is 2. The van der Waals surface area contributed by atoms with Gasteiger partial charge in [0.2, 0.25) is 0 Å². The van der Waals surface area contributed by atoms with Crippen molar-refractivity contribution < 1.29 is 55.2 Å². The van der Waals surface area contributed by atoms with Gasteiger partial charge in [0, 0.05) is 0 Å². The fraction of sp³-hybridized carbons (Fsp3) is 0.500. The van der Waals surface area contributed by atoms with E-state index in [4.69, 9.17) is 0 Å². The molecule has 0 bridgehead atoms. The van der Waals surface area contributed by atoms with Gasteiger partial charge in [0.15, 0.2) is 0 Å². The average Bonchev–Trinajstić information content (AvgIpc) is 2.37. The molecule has 2 amide bonds. The van der Waals surface area contributed by atoms with E-state index in [0.29, 0.717) is 0 Å². The van der Waals surface area contributed by atoms with E-state index < -0.39 is 48.9 Å². The van der Waals surface area contributed by atoms with Crippen LogP contribution < -0.4 is 11.0 Å².